The summed E-state index contributed by atoms with van der Waals surface area (Å²) in [5, 5.41) is 15.7. The smallest absolute Gasteiger partial charge is 0.226 e. The zero-order valence-electron chi connectivity index (χ0n) is 13.8. The summed E-state index contributed by atoms with van der Waals surface area (Å²) in [4.78, 5) is 15.6. The number of amides is 1. The van der Waals surface area contributed by atoms with Gasteiger partial charge in [-0.1, -0.05) is 0 Å². The number of thiazole rings is 1. The van der Waals surface area contributed by atoms with E-state index in [1.165, 1.54) is 11.3 Å². The van der Waals surface area contributed by atoms with E-state index in [9.17, 15) is 18.3 Å². The first-order valence-electron chi connectivity index (χ1n) is 8.36. The van der Waals surface area contributed by atoms with Gasteiger partial charge in [0.05, 0.1) is 29.2 Å². The van der Waals surface area contributed by atoms with Crippen LogP contribution in [0, 0.1) is 11.8 Å². The number of rotatable bonds is 6. The first-order valence-corrected chi connectivity index (χ1v) is 11.1. The van der Waals surface area contributed by atoms with Gasteiger partial charge < -0.3 is 10.4 Å². The predicted octanol–water partition coefficient (Wildman–Crippen LogP) is 1.29. The van der Waals surface area contributed by atoms with Crippen LogP contribution < -0.4 is 5.32 Å². The third-order valence-electron chi connectivity index (χ3n) is 5.28. The van der Waals surface area contributed by atoms with Crippen molar-refractivity contribution in [3.63, 3.8) is 0 Å². The van der Waals surface area contributed by atoms with Gasteiger partial charge >= 0.3 is 0 Å². The van der Waals surface area contributed by atoms with Crippen LogP contribution >= 0.6 is 11.3 Å². The molecule has 0 aliphatic heterocycles. The summed E-state index contributed by atoms with van der Waals surface area (Å²) in [6.07, 6.45) is 4.86. The first kappa shape index (κ1) is 17.8. The van der Waals surface area contributed by atoms with Gasteiger partial charge in [-0.3, -0.25) is 4.79 Å². The van der Waals surface area contributed by atoms with Crippen LogP contribution in [0.15, 0.2) is 5.38 Å². The molecule has 2 bridgehead atoms. The summed E-state index contributed by atoms with van der Waals surface area (Å²) in [6, 6.07) is 0. The number of nitrogens with zero attached hydrogens (tertiary/aromatic N) is 1. The van der Waals surface area contributed by atoms with E-state index in [1.54, 1.807) is 12.4 Å². The number of aromatic nitrogens is 1. The Bertz CT molecular complexity index is 707. The fourth-order valence-electron chi connectivity index (χ4n) is 4.13. The van der Waals surface area contributed by atoms with Crippen molar-refractivity contribution in [3.8, 4) is 0 Å². The number of carbonyl (C=O) groups is 1. The van der Waals surface area contributed by atoms with Gasteiger partial charge in [-0.05, 0) is 43.9 Å². The summed E-state index contributed by atoms with van der Waals surface area (Å²) in [6.45, 7) is 0. The van der Waals surface area contributed by atoms with E-state index in [4.69, 9.17) is 0 Å². The highest BCUT2D eigenvalue weighted by Gasteiger charge is 2.48. The molecule has 0 spiro atoms. The van der Waals surface area contributed by atoms with Crippen molar-refractivity contribution in [3.05, 3.63) is 16.1 Å². The molecule has 1 heterocycles. The van der Waals surface area contributed by atoms with E-state index < -0.39 is 15.4 Å². The third kappa shape index (κ3) is 3.97. The van der Waals surface area contributed by atoms with E-state index in [2.05, 4.69) is 10.3 Å². The number of carbonyl (C=O) groups excluding carboxylic acids is 1. The summed E-state index contributed by atoms with van der Waals surface area (Å²) >= 11 is 1.29. The van der Waals surface area contributed by atoms with Crippen LogP contribution in [0.3, 0.4) is 0 Å². The normalized spacial score (nSPS) is 29.6. The van der Waals surface area contributed by atoms with Crippen molar-refractivity contribution in [1.82, 2.24) is 10.3 Å². The number of hydrogen-bond acceptors (Lipinski definition) is 6. The minimum atomic E-state index is -3.44. The van der Waals surface area contributed by atoms with Crippen molar-refractivity contribution in [2.75, 3.05) is 12.8 Å². The lowest BCUT2D eigenvalue weighted by atomic mass is 9.63. The molecule has 134 valence electrons. The molecule has 1 aromatic rings. The fraction of sp³-hybridized carbons (Fsp3) is 0.750. The standard InChI is InChI=1S/C16H24N2O4S2/c1-17-14(19)6-15-18-13(8-23-15)9-24(21,22)10-16(20)7-11-2-4-12(16)5-3-11/h8,11-12,20H,2-7,9-10H2,1H3,(H,17,19). The van der Waals surface area contributed by atoms with Crippen LogP contribution in [-0.2, 0) is 26.8 Å². The highest BCUT2D eigenvalue weighted by Crippen LogP contribution is 2.48. The second kappa shape index (κ2) is 6.72. The molecule has 1 unspecified atom stereocenters. The Kier molecular flexibility index (Phi) is 4.99. The van der Waals surface area contributed by atoms with Gasteiger partial charge in [0.2, 0.25) is 5.91 Å². The maximum Gasteiger partial charge on any atom is 0.226 e. The van der Waals surface area contributed by atoms with Gasteiger partial charge in [-0.25, -0.2) is 13.4 Å². The number of sulfone groups is 1. The maximum atomic E-state index is 12.6. The Morgan fingerprint density at radius 1 is 1.42 bits per heavy atom. The summed E-state index contributed by atoms with van der Waals surface area (Å²) < 4.78 is 25.1. The molecule has 0 saturated heterocycles. The number of fused-ring (bicyclic) bond motifs is 3. The Morgan fingerprint density at radius 2 is 2.12 bits per heavy atom. The Hall–Kier alpha value is -0.990. The summed E-state index contributed by atoms with van der Waals surface area (Å²) in [5.41, 5.74) is -0.607. The molecular formula is C16H24N2O4S2. The second-order valence-electron chi connectivity index (χ2n) is 7.14. The topological polar surface area (TPSA) is 96.4 Å². The Labute approximate surface area is 146 Å². The number of nitrogens with one attached hydrogen (secondary N) is 1. The van der Waals surface area contributed by atoms with Crippen molar-refractivity contribution in [2.45, 2.75) is 49.9 Å². The van der Waals surface area contributed by atoms with E-state index in [0.717, 1.165) is 25.7 Å². The van der Waals surface area contributed by atoms with E-state index in [0.29, 0.717) is 23.0 Å². The molecule has 4 rings (SSSR count). The highest BCUT2D eigenvalue weighted by molar-refractivity contribution is 7.90. The van der Waals surface area contributed by atoms with Gasteiger partial charge in [0, 0.05) is 12.4 Å². The molecule has 0 aromatic carbocycles. The number of likely N-dealkylation sites (N-methyl/N-ethyl adjacent to an activating group) is 1. The minimum absolute atomic E-state index is 0.108. The minimum Gasteiger partial charge on any atom is -0.389 e. The van der Waals surface area contributed by atoms with Crippen LogP contribution in [0.1, 0.15) is 42.8 Å². The van der Waals surface area contributed by atoms with Gasteiger partial charge in [-0.15, -0.1) is 11.3 Å². The van der Waals surface area contributed by atoms with Gasteiger partial charge in [-0.2, -0.15) is 0 Å². The Balaban J connectivity index is 1.65. The molecule has 24 heavy (non-hydrogen) atoms. The molecular weight excluding hydrogens is 348 g/mol. The quantitative estimate of drug-likeness (QED) is 0.784. The largest absolute Gasteiger partial charge is 0.389 e. The molecule has 3 aliphatic rings. The highest BCUT2D eigenvalue weighted by atomic mass is 32.2. The SMILES string of the molecule is CNC(=O)Cc1nc(CS(=O)(=O)CC2(O)CC3CCC2CC3)cs1. The zero-order valence-corrected chi connectivity index (χ0v) is 15.5. The first-order chi connectivity index (χ1) is 11.3. The molecule has 1 amide bonds. The fourth-order valence-corrected chi connectivity index (χ4v) is 6.84. The number of hydrogen-bond donors (Lipinski definition) is 2. The van der Waals surface area contributed by atoms with Crippen LogP contribution in [0.25, 0.3) is 0 Å². The molecule has 3 aliphatic carbocycles. The molecule has 0 radical (unpaired) electrons. The molecule has 8 heteroatoms. The molecule has 6 nitrogen and oxygen atoms in total. The predicted molar refractivity (Wildman–Crippen MR) is 92.4 cm³/mol. The average molecular weight is 373 g/mol. The Morgan fingerprint density at radius 3 is 2.71 bits per heavy atom. The molecule has 3 fully saturated rings. The lowest BCUT2D eigenvalue weighted by Crippen LogP contribution is -2.51. The van der Waals surface area contributed by atoms with E-state index in [-0.39, 0.29) is 29.8 Å². The molecule has 2 N–H and O–H groups in total. The monoisotopic (exact) mass is 372 g/mol. The molecule has 1 aromatic heterocycles. The lowest BCUT2D eigenvalue weighted by Gasteiger charge is -2.48. The third-order valence-corrected chi connectivity index (χ3v) is 7.85. The molecule has 1 atom stereocenters. The average Bonchev–Trinajstić information content (AvgIpc) is 2.92. The number of aliphatic hydroxyl groups is 1. The van der Waals surface area contributed by atoms with Crippen LogP contribution in [-0.4, -0.2) is 42.8 Å². The van der Waals surface area contributed by atoms with Crippen LogP contribution in [0.5, 0.6) is 0 Å². The van der Waals surface area contributed by atoms with Crippen molar-refractivity contribution in [1.29, 1.82) is 0 Å². The second-order valence-corrected chi connectivity index (χ2v) is 10.1. The van der Waals surface area contributed by atoms with Crippen molar-refractivity contribution in [2.24, 2.45) is 11.8 Å². The maximum absolute atomic E-state index is 12.6. The van der Waals surface area contributed by atoms with Crippen LogP contribution in [0.4, 0.5) is 0 Å². The van der Waals surface area contributed by atoms with Gasteiger partial charge in [0.25, 0.3) is 0 Å². The van der Waals surface area contributed by atoms with Gasteiger partial charge in [0.15, 0.2) is 9.84 Å². The zero-order chi connectivity index (χ0) is 17.4. The summed E-state index contributed by atoms with van der Waals surface area (Å²) in [5.74, 6) is 0.0805. The molecule has 3 saturated carbocycles. The van der Waals surface area contributed by atoms with E-state index >= 15 is 0 Å². The summed E-state index contributed by atoms with van der Waals surface area (Å²) in [7, 11) is -1.89. The van der Waals surface area contributed by atoms with Crippen molar-refractivity contribution >= 4 is 27.1 Å². The van der Waals surface area contributed by atoms with E-state index in [1.807, 2.05) is 0 Å². The van der Waals surface area contributed by atoms with Crippen LogP contribution in [0.2, 0.25) is 0 Å². The van der Waals surface area contributed by atoms with Crippen molar-refractivity contribution < 1.29 is 18.3 Å². The lowest BCUT2D eigenvalue weighted by molar-refractivity contribution is -0.119. The van der Waals surface area contributed by atoms with Gasteiger partial charge in [0.1, 0.15) is 5.01 Å².